The van der Waals surface area contributed by atoms with Crippen molar-refractivity contribution in [1.82, 2.24) is 14.8 Å². The minimum atomic E-state index is -0.426. The molecule has 90 valence electrons. The summed E-state index contributed by atoms with van der Waals surface area (Å²) in [5, 5.41) is 4.18. The number of esters is 1. The smallest absolute Gasteiger partial charge is 0.308 e. The topological polar surface area (TPSA) is 57.0 Å². The number of carbonyl (C=O) groups excluding carboxylic acids is 1. The van der Waals surface area contributed by atoms with Crippen LogP contribution < -0.4 is 0 Å². The van der Waals surface area contributed by atoms with Crippen LogP contribution >= 0.6 is 0 Å². The van der Waals surface area contributed by atoms with Crippen molar-refractivity contribution < 1.29 is 9.53 Å². The van der Waals surface area contributed by atoms with Gasteiger partial charge in [-0.1, -0.05) is 0 Å². The molecule has 0 aromatic carbocycles. The first-order chi connectivity index (χ1) is 7.28. The minimum absolute atomic E-state index is 0.208. The van der Waals surface area contributed by atoms with Crippen molar-refractivity contribution >= 4 is 5.97 Å². The van der Waals surface area contributed by atoms with Crippen molar-refractivity contribution in [3.63, 3.8) is 0 Å². The predicted octanol–water partition coefficient (Wildman–Crippen LogP) is 1.63. The van der Waals surface area contributed by atoms with Gasteiger partial charge in [0.05, 0.1) is 13.0 Å². The molecule has 0 amide bonds. The quantitative estimate of drug-likeness (QED) is 0.733. The fourth-order valence-corrected chi connectivity index (χ4v) is 1.36. The van der Waals surface area contributed by atoms with Crippen LogP contribution in [0.15, 0.2) is 0 Å². The lowest BCUT2D eigenvalue weighted by Crippen LogP contribution is -2.24. The standard InChI is InChI=1S/C11H19N3O2/c1-8-12-9(2)14(13-8)7-6-10(15)16-11(3,4)5/h6-7H2,1-5H3. The number of aromatic nitrogens is 3. The summed E-state index contributed by atoms with van der Waals surface area (Å²) < 4.78 is 6.93. The Kier molecular flexibility index (Phi) is 3.67. The van der Waals surface area contributed by atoms with Gasteiger partial charge in [-0.3, -0.25) is 4.79 Å². The highest BCUT2D eigenvalue weighted by atomic mass is 16.6. The van der Waals surface area contributed by atoms with E-state index < -0.39 is 5.60 Å². The second kappa shape index (κ2) is 4.63. The Hall–Kier alpha value is -1.39. The Balaban J connectivity index is 2.46. The second-order valence-electron chi connectivity index (χ2n) is 4.77. The van der Waals surface area contributed by atoms with E-state index in [9.17, 15) is 4.79 Å². The van der Waals surface area contributed by atoms with E-state index in [1.807, 2.05) is 34.6 Å². The molecule has 0 fully saturated rings. The van der Waals surface area contributed by atoms with Crippen LogP contribution in [0.4, 0.5) is 0 Å². The van der Waals surface area contributed by atoms with Gasteiger partial charge in [0.1, 0.15) is 17.2 Å². The third-order valence-electron chi connectivity index (χ3n) is 1.91. The molecule has 1 aromatic heterocycles. The van der Waals surface area contributed by atoms with Gasteiger partial charge in [0, 0.05) is 0 Å². The van der Waals surface area contributed by atoms with E-state index in [2.05, 4.69) is 10.1 Å². The average molecular weight is 225 g/mol. The zero-order chi connectivity index (χ0) is 12.3. The minimum Gasteiger partial charge on any atom is -0.460 e. The van der Waals surface area contributed by atoms with Gasteiger partial charge in [-0.2, -0.15) is 5.10 Å². The molecule has 0 atom stereocenters. The maximum absolute atomic E-state index is 11.5. The van der Waals surface area contributed by atoms with E-state index >= 15 is 0 Å². The zero-order valence-corrected chi connectivity index (χ0v) is 10.6. The number of hydrogen-bond acceptors (Lipinski definition) is 4. The van der Waals surface area contributed by atoms with Crippen LogP contribution in [0.5, 0.6) is 0 Å². The third-order valence-corrected chi connectivity index (χ3v) is 1.91. The molecule has 1 aromatic rings. The number of aryl methyl sites for hydroxylation is 3. The Morgan fingerprint density at radius 1 is 1.38 bits per heavy atom. The number of nitrogens with zero attached hydrogens (tertiary/aromatic N) is 3. The van der Waals surface area contributed by atoms with Gasteiger partial charge in [0.15, 0.2) is 0 Å². The van der Waals surface area contributed by atoms with Crippen molar-refractivity contribution in [1.29, 1.82) is 0 Å². The maximum Gasteiger partial charge on any atom is 0.308 e. The van der Waals surface area contributed by atoms with Crippen molar-refractivity contribution in [3.05, 3.63) is 11.6 Å². The summed E-state index contributed by atoms with van der Waals surface area (Å²) in [6.07, 6.45) is 0.320. The highest BCUT2D eigenvalue weighted by Gasteiger charge is 2.16. The molecule has 0 saturated heterocycles. The lowest BCUT2D eigenvalue weighted by molar-refractivity contribution is -0.155. The molecule has 0 N–H and O–H groups in total. The number of ether oxygens (including phenoxy) is 1. The highest BCUT2D eigenvalue weighted by molar-refractivity contribution is 5.69. The molecule has 1 heterocycles. The largest absolute Gasteiger partial charge is 0.460 e. The molecular formula is C11H19N3O2. The van der Waals surface area contributed by atoms with E-state index in [0.717, 1.165) is 11.6 Å². The summed E-state index contributed by atoms with van der Waals surface area (Å²) in [6, 6.07) is 0. The molecule has 0 unspecified atom stereocenters. The van der Waals surface area contributed by atoms with Gasteiger partial charge >= 0.3 is 5.97 Å². The Labute approximate surface area is 95.8 Å². The van der Waals surface area contributed by atoms with Gasteiger partial charge in [0.25, 0.3) is 0 Å². The lowest BCUT2D eigenvalue weighted by Gasteiger charge is -2.19. The Morgan fingerprint density at radius 2 is 2.00 bits per heavy atom. The molecule has 0 radical (unpaired) electrons. The number of rotatable bonds is 3. The van der Waals surface area contributed by atoms with Gasteiger partial charge in [0.2, 0.25) is 0 Å². The van der Waals surface area contributed by atoms with Crippen LogP contribution in [0.1, 0.15) is 38.8 Å². The molecule has 0 saturated carbocycles. The van der Waals surface area contributed by atoms with Gasteiger partial charge in [-0.25, -0.2) is 9.67 Å². The van der Waals surface area contributed by atoms with E-state index in [1.165, 1.54) is 0 Å². The maximum atomic E-state index is 11.5. The van der Waals surface area contributed by atoms with Crippen molar-refractivity contribution in [2.45, 2.75) is 53.2 Å². The summed E-state index contributed by atoms with van der Waals surface area (Å²) in [7, 11) is 0. The molecule has 5 heteroatoms. The van der Waals surface area contributed by atoms with Crippen LogP contribution in [0.2, 0.25) is 0 Å². The molecule has 1 rings (SSSR count). The van der Waals surface area contributed by atoms with E-state index in [0.29, 0.717) is 13.0 Å². The molecule has 16 heavy (non-hydrogen) atoms. The van der Waals surface area contributed by atoms with Crippen LogP contribution in [0.25, 0.3) is 0 Å². The number of carbonyl (C=O) groups is 1. The van der Waals surface area contributed by atoms with Crippen molar-refractivity contribution in [2.24, 2.45) is 0 Å². The van der Waals surface area contributed by atoms with Crippen LogP contribution in [-0.4, -0.2) is 26.3 Å². The van der Waals surface area contributed by atoms with Crippen molar-refractivity contribution in [2.75, 3.05) is 0 Å². The molecule has 0 aliphatic carbocycles. The second-order valence-corrected chi connectivity index (χ2v) is 4.77. The first-order valence-corrected chi connectivity index (χ1v) is 5.38. The van der Waals surface area contributed by atoms with Crippen LogP contribution in [0.3, 0.4) is 0 Å². The van der Waals surface area contributed by atoms with Gasteiger partial charge in [-0.15, -0.1) is 0 Å². The molecule has 0 aliphatic rings. The Morgan fingerprint density at radius 3 is 2.44 bits per heavy atom. The Bertz CT molecular complexity index is 377. The molecule has 0 spiro atoms. The fraction of sp³-hybridized carbons (Fsp3) is 0.727. The normalized spacial score (nSPS) is 11.6. The number of hydrogen-bond donors (Lipinski definition) is 0. The van der Waals surface area contributed by atoms with Gasteiger partial charge < -0.3 is 4.74 Å². The molecule has 0 aliphatic heterocycles. The van der Waals surface area contributed by atoms with Crippen LogP contribution in [0, 0.1) is 13.8 Å². The summed E-state index contributed by atoms with van der Waals surface area (Å²) in [5.74, 6) is 1.34. The fourth-order valence-electron chi connectivity index (χ4n) is 1.36. The highest BCUT2D eigenvalue weighted by Crippen LogP contribution is 2.09. The summed E-state index contributed by atoms with van der Waals surface area (Å²) in [4.78, 5) is 15.6. The summed E-state index contributed by atoms with van der Waals surface area (Å²) in [6.45, 7) is 9.79. The lowest BCUT2D eigenvalue weighted by atomic mass is 10.2. The third kappa shape index (κ3) is 4.00. The zero-order valence-electron chi connectivity index (χ0n) is 10.6. The first-order valence-electron chi connectivity index (χ1n) is 5.38. The summed E-state index contributed by atoms with van der Waals surface area (Å²) >= 11 is 0. The first kappa shape index (κ1) is 12.7. The van der Waals surface area contributed by atoms with Crippen LogP contribution in [-0.2, 0) is 16.1 Å². The van der Waals surface area contributed by atoms with E-state index in [4.69, 9.17) is 4.74 Å². The average Bonchev–Trinajstić information content (AvgIpc) is 2.38. The molecular weight excluding hydrogens is 206 g/mol. The van der Waals surface area contributed by atoms with Crippen molar-refractivity contribution in [3.8, 4) is 0 Å². The molecule has 0 bridgehead atoms. The van der Waals surface area contributed by atoms with Gasteiger partial charge in [-0.05, 0) is 34.6 Å². The van der Waals surface area contributed by atoms with E-state index in [1.54, 1.807) is 4.68 Å². The monoisotopic (exact) mass is 225 g/mol. The SMILES string of the molecule is Cc1nc(C)n(CCC(=O)OC(C)(C)C)n1. The molecule has 5 nitrogen and oxygen atoms in total. The summed E-state index contributed by atoms with van der Waals surface area (Å²) in [5.41, 5.74) is -0.426. The predicted molar refractivity (Wildman–Crippen MR) is 60.0 cm³/mol. The van der Waals surface area contributed by atoms with E-state index in [-0.39, 0.29) is 5.97 Å².